The van der Waals surface area contributed by atoms with E-state index in [1.54, 1.807) is 14.2 Å². The van der Waals surface area contributed by atoms with Crippen LogP contribution in [0.5, 0.6) is 11.5 Å². The second-order valence-corrected chi connectivity index (χ2v) is 9.72. The highest BCUT2D eigenvalue weighted by molar-refractivity contribution is 7.99. The Hall–Kier alpha value is -2.72. The number of benzene rings is 3. The Morgan fingerprint density at radius 2 is 1.48 bits per heavy atom. The molecule has 3 aromatic carbocycles. The van der Waals surface area contributed by atoms with Gasteiger partial charge in [0.2, 0.25) is 0 Å². The summed E-state index contributed by atoms with van der Waals surface area (Å²) in [5.41, 5.74) is 4.51. The predicted molar refractivity (Wildman–Crippen MR) is 138 cm³/mol. The lowest BCUT2D eigenvalue weighted by atomic mass is 9.77. The molecular weight excluding hydrogens is 428 g/mol. The van der Waals surface area contributed by atoms with E-state index in [-0.39, 0.29) is 5.92 Å². The number of methoxy groups -OCH3 is 2. The van der Waals surface area contributed by atoms with E-state index in [9.17, 15) is 4.79 Å². The van der Waals surface area contributed by atoms with E-state index >= 15 is 0 Å². The standard InChI is InChI=1S/C24H22O3S.C5H12/c1-26-19-9-7-17(8-10-19)22-15-28-23-13-20(27-2)11-12-21(23)24(22)18-5-3-16(14-25)4-6-18;1-4-5(2)3/h3-14,22,24H,15H2,1-2H3;5H,4H2,1-3H3. The summed E-state index contributed by atoms with van der Waals surface area (Å²) in [6.45, 7) is 6.64. The molecule has 0 saturated heterocycles. The fourth-order valence-electron chi connectivity index (χ4n) is 3.85. The number of thioether (sulfide) groups is 1. The molecule has 4 heteroatoms. The summed E-state index contributed by atoms with van der Waals surface area (Å²) in [6, 6.07) is 22.7. The average molecular weight is 463 g/mol. The van der Waals surface area contributed by atoms with Gasteiger partial charge in [-0.2, -0.15) is 0 Å². The van der Waals surface area contributed by atoms with Crippen LogP contribution in [0.3, 0.4) is 0 Å². The zero-order valence-corrected chi connectivity index (χ0v) is 21.0. The van der Waals surface area contributed by atoms with Gasteiger partial charge >= 0.3 is 0 Å². The molecule has 0 bridgehead atoms. The second kappa shape index (κ2) is 11.9. The lowest BCUT2D eigenvalue weighted by Gasteiger charge is -2.34. The van der Waals surface area contributed by atoms with Crippen LogP contribution in [0.4, 0.5) is 0 Å². The molecule has 1 heterocycles. The predicted octanol–water partition coefficient (Wildman–Crippen LogP) is 7.59. The summed E-state index contributed by atoms with van der Waals surface area (Å²) >= 11 is 1.87. The molecule has 0 fully saturated rings. The number of hydrogen-bond acceptors (Lipinski definition) is 4. The van der Waals surface area contributed by atoms with E-state index in [2.05, 4.69) is 57.2 Å². The van der Waals surface area contributed by atoms with E-state index in [1.165, 1.54) is 28.0 Å². The number of hydrogen-bond donors (Lipinski definition) is 0. The molecule has 33 heavy (non-hydrogen) atoms. The van der Waals surface area contributed by atoms with Crippen molar-refractivity contribution in [2.24, 2.45) is 5.92 Å². The Bertz CT molecular complexity index is 1030. The second-order valence-electron chi connectivity index (χ2n) is 8.66. The van der Waals surface area contributed by atoms with Gasteiger partial charge in [-0.05, 0) is 46.9 Å². The normalized spacial score (nSPS) is 16.9. The van der Waals surface area contributed by atoms with Crippen molar-refractivity contribution in [3.05, 3.63) is 89.0 Å². The third-order valence-electron chi connectivity index (χ3n) is 6.17. The highest BCUT2D eigenvalue weighted by Gasteiger charge is 2.32. The van der Waals surface area contributed by atoms with Crippen LogP contribution in [0.15, 0.2) is 71.6 Å². The van der Waals surface area contributed by atoms with E-state index in [0.29, 0.717) is 11.5 Å². The van der Waals surface area contributed by atoms with Crippen LogP contribution in [0.2, 0.25) is 0 Å². The quantitative estimate of drug-likeness (QED) is 0.354. The van der Waals surface area contributed by atoms with Gasteiger partial charge in [0.15, 0.2) is 0 Å². The maximum absolute atomic E-state index is 11.1. The molecule has 0 radical (unpaired) electrons. The van der Waals surface area contributed by atoms with Crippen molar-refractivity contribution >= 4 is 18.0 Å². The van der Waals surface area contributed by atoms with Gasteiger partial charge in [0.05, 0.1) is 14.2 Å². The molecule has 1 aliphatic rings. The number of ether oxygens (including phenoxy) is 2. The molecule has 2 unspecified atom stereocenters. The Kier molecular flexibility index (Phi) is 9.02. The summed E-state index contributed by atoms with van der Waals surface area (Å²) in [5.74, 6) is 4.16. The number of carbonyl (C=O) groups is 1. The van der Waals surface area contributed by atoms with Crippen molar-refractivity contribution in [1.29, 1.82) is 0 Å². The Morgan fingerprint density at radius 3 is 2.03 bits per heavy atom. The fraction of sp³-hybridized carbons (Fsp3) is 0.345. The molecule has 3 aromatic rings. The van der Waals surface area contributed by atoms with Crippen molar-refractivity contribution in [3.63, 3.8) is 0 Å². The number of carbonyl (C=O) groups excluding carboxylic acids is 1. The van der Waals surface area contributed by atoms with Crippen LogP contribution >= 0.6 is 11.8 Å². The first-order valence-corrected chi connectivity index (χ1v) is 12.5. The lowest BCUT2D eigenvalue weighted by Crippen LogP contribution is -2.20. The van der Waals surface area contributed by atoms with Gasteiger partial charge in [0.1, 0.15) is 17.8 Å². The van der Waals surface area contributed by atoms with E-state index in [1.807, 2.05) is 42.1 Å². The van der Waals surface area contributed by atoms with Crippen molar-refractivity contribution in [2.45, 2.75) is 43.9 Å². The van der Waals surface area contributed by atoms with Crippen molar-refractivity contribution in [2.75, 3.05) is 20.0 Å². The van der Waals surface area contributed by atoms with Gasteiger partial charge in [0, 0.05) is 28.0 Å². The van der Waals surface area contributed by atoms with Crippen LogP contribution in [-0.2, 0) is 0 Å². The fourth-order valence-corrected chi connectivity index (χ4v) is 5.15. The number of fused-ring (bicyclic) bond motifs is 1. The molecule has 0 N–H and O–H groups in total. The van der Waals surface area contributed by atoms with Gasteiger partial charge in [-0.15, -0.1) is 11.8 Å². The van der Waals surface area contributed by atoms with Crippen molar-refractivity contribution in [3.8, 4) is 11.5 Å². The maximum Gasteiger partial charge on any atom is 0.150 e. The highest BCUT2D eigenvalue weighted by Crippen LogP contribution is 2.49. The zero-order chi connectivity index (χ0) is 23.8. The molecular formula is C29H34O3S. The van der Waals surface area contributed by atoms with Crippen LogP contribution < -0.4 is 9.47 Å². The first-order valence-electron chi connectivity index (χ1n) is 11.5. The maximum atomic E-state index is 11.1. The third kappa shape index (κ3) is 6.20. The van der Waals surface area contributed by atoms with E-state index < -0.39 is 0 Å². The molecule has 4 rings (SSSR count). The minimum atomic E-state index is 0.219. The Labute approximate surface area is 202 Å². The smallest absolute Gasteiger partial charge is 0.150 e. The van der Waals surface area contributed by atoms with Gasteiger partial charge < -0.3 is 9.47 Å². The topological polar surface area (TPSA) is 35.5 Å². The lowest BCUT2D eigenvalue weighted by molar-refractivity contribution is 0.112. The molecule has 1 aliphatic heterocycles. The van der Waals surface area contributed by atoms with Crippen molar-refractivity contribution in [1.82, 2.24) is 0 Å². The van der Waals surface area contributed by atoms with Crippen LogP contribution in [0.1, 0.15) is 66.1 Å². The first kappa shape index (κ1) is 24.9. The largest absolute Gasteiger partial charge is 0.497 e. The molecule has 0 saturated carbocycles. The number of aldehydes is 1. The summed E-state index contributed by atoms with van der Waals surface area (Å²) < 4.78 is 10.7. The average Bonchev–Trinajstić information content (AvgIpc) is 2.88. The molecule has 0 amide bonds. The molecule has 2 atom stereocenters. The van der Waals surface area contributed by atoms with Crippen molar-refractivity contribution < 1.29 is 14.3 Å². The minimum absolute atomic E-state index is 0.219. The molecule has 0 aromatic heterocycles. The van der Waals surface area contributed by atoms with Crippen LogP contribution in [0, 0.1) is 5.92 Å². The summed E-state index contributed by atoms with van der Waals surface area (Å²) in [5, 5.41) is 0. The van der Waals surface area contributed by atoms with Gasteiger partial charge in [-0.1, -0.05) is 69.7 Å². The highest BCUT2D eigenvalue weighted by atomic mass is 32.2. The SMILES string of the molecule is CCC(C)C.COc1ccc(C2CSc3cc(OC)ccc3C2c2ccc(C=O)cc2)cc1. The van der Waals surface area contributed by atoms with Gasteiger partial charge in [-0.3, -0.25) is 4.79 Å². The van der Waals surface area contributed by atoms with Crippen LogP contribution in [-0.4, -0.2) is 26.3 Å². The summed E-state index contributed by atoms with van der Waals surface area (Å²) in [4.78, 5) is 12.3. The third-order valence-corrected chi connectivity index (χ3v) is 7.36. The van der Waals surface area contributed by atoms with Gasteiger partial charge in [0.25, 0.3) is 0 Å². The Morgan fingerprint density at radius 1 is 0.909 bits per heavy atom. The molecule has 3 nitrogen and oxygen atoms in total. The Balaban J connectivity index is 0.000000555. The molecule has 0 spiro atoms. The van der Waals surface area contributed by atoms with Crippen LogP contribution in [0.25, 0.3) is 0 Å². The zero-order valence-electron chi connectivity index (χ0n) is 20.2. The summed E-state index contributed by atoms with van der Waals surface area (Å²) in [6.07, 6.45) is 2.19. The van der Waals surface area contributed by atoms with E-state index in [0.717, 1.165) is 29.5 Å². The number of rotatable bonds is 6. The van der Waals surface area contributed by atoms with E-state index in [4.69, 9.17) is 9.47 Å². The first-order chi connectivity index (χ1) is 16.0. The summed E-state index contributed by atoms with van der Waals surface area (Å²) in [7, 11) is 3.39. The molecule has 0 aliphatic carbocycles. The molecule has 174 valence electrons. The monoisotopic (exact) mass is 462 g/mol. The van der Waals surface area contributed by atoms with Gasteiger partial charge in [-0.25, -0.2) is 0 Å². The minimum Gasteiger partial charge on any atom is -0.497 e.